The second kappa shape index (κ2) is 9.29. The van der Waals surface area contributed by atoms with E-state index in [0.29, 0.717) is 11.3 Å². The summed E-state index contributed by atoms with van der Waals surface area (Å²) in [5, 5.41) is 0.722. The van der Waals surface area contributed by atoms with Crippen molar-refractivity contribution in [3.8, 4) is 11.3 Å². The van der Waals surface area contributed by atoms with Gasteiger partial charge in [-0.15, -0.1) is 0 Å². The molecule has 0 aliphatic carbocycles. The number of esters is 1. The summed E-state index contributed by atoms with van der Waals surface area (Å²) in [6.45, 7) is 4.64. The number of ether oxygens (including phenoxy) is 1. The van der Waals surface area contributed by atoms with Crippen LogP contribution in [0.1, 0.15) is 48.5 Å². The van der Waals surface area contributed by atoms with Gasteiger partial charge in [0.15, 0.2) is 6.61 Å². The van der Waals surface area contributed by atoms with E-state index in [1.54, 1.807) is 6.07 Å². The number of fused-ring (bicyclic) bond motifs is 1. The van der Waals surface area contributed by atoms with Gasteiger partial charge < -0.3 is 9.64 Å². The van der Waals surface area contributed by atoms with Crippen molar-refractivity contribution in [2.45, 2.75) is 45.6 Å². The van der Waals surface area contributed by atoms with Crippen molar-refractivity contribution >= 4 is 22.8 Å². The van der Waals surface area contributed by atoms with E-state index in [2.05, 4.69) is 6.92 Å². The molecule has 31 heavy (non-hydrogen) atoms. The molecule has 0 bridgehead atoms. The Balaban J connectivity index is 1.58. The summed E-state index contributed by atoms with van der Waals surface area (Å²) in [5.74, 6) is -0.609. The molecule has 0 spiro atoms. The lowest BCUT2D eigenvalue weighted by Gasteiger charge is -2.35. The molecule has 1 amide bonds. The predicted molar refractivity (Wildman–Crippen MR) is 122 cm³/mol. The predicted octanol–water partition coefficient (Wildman–Crippen LogP) is 5.16. The van der Waals surface area contributed by atoms with Crippen molar-refractivity contribution in [3.63, 3.8) is 0 Å². The average Bonchev–Trinajstić information content (AvgIpc) is 2.82. The first kappa shape index (κ1) is 21.0. The number of aromatic nitrogens is 1. The molecule has 1 aliphatic rings. The zero-order chi connectivity index (χ0) is 21.8. The van der Waals surface area contributed by atoms with Crippen LogP contribution in [-0.2, 0) is 9.53 Å². The summed E-state index contributed by atoms with van der Waals surface area (Å²) >= 11 is 0. The number of carbonyl (C=O) groups excluding carboxylic acids is 2. The third-order valence-corrected chi connectivity index (χ3v) is 6.03. The molecule has 1 saturated heterocycles. The highest BCUT2D eigenvalue weighted by molar-refractivity contribution is 6.05. The molecule has 1 aliphatic heterocycles. The molecule has 160 valence electrons. The van der Waals surface area contributed by atoms with E-state index >= 15 is 0 Å². The van der Waals surface area contributed by atoms with E-state index in [9.17, 15) is 9.59 Å². The van der Waals surface area contributed by atoms with Gasteiger partial charge in [0, 0.05) is 23.5 Å². The van der Waals surface area contributed by atoms with Crippen LogP contribution in [0.15, 0.2) is 54.6 Å². The highest BCUT2D eigenvalue weighted by atomic mass is 16.5. The number of aryl methyl sites for hydroxylation is 1. The molecule has 2 heterocycles. The number of piperidine rings is 1. The number of pyridine rings is 1. The first-order valence-corrected chi connectivity index (χ1v) is 11.0. The molecular weight excluding hydrogens is 388 g/mol. The highest BCUT2D eigenvalue weighted by Gasteiger charge is 2.26. The van der Waals surface area contributed by atoms with Crippen LogP contribution in [0.3, 0.4) is 0 Å². The topological polar surface area (TPSA) is 59.5 Å². The number of amides is 1. The SMILES string of the molecule is CC[C@@H]1CCCCN1C(=O)COC(=O)c1cc(-c2ccc(C)cc2)nc2ccccc12. The van der Waals surface area contributed by atoms with Crippen molar-refractivity contribution in [1.29, 1.82) is 0 Å². The number of likely N-dealkylation sites (tertiary alicyclic amines) is 1. The number of rotatable bonds is 5. The van der Waals surface area contributed by atoms with Crippen molar-refractivity contribution in [2.24, 2.45) is 0 Å². The van der Waals surface area contributed by atoms with Gasteiger partial charge in [0.05, 0.1) is 16.8 Å². The van der Waals surface area contributed by atoms with E-state index in [-0.39, 0.29) is 18.6 Å². The van der Waals surface area contributed by atoms with Crippen LogP contribution >= 0.6 is 0 Å². The zero-order valence-electron chi connectivity index (χ0n) is 18.1. The van der Waals surface area contributed by atoms with Gasteiger partial charge in [-0.25, -0.2) is 9.78 Å². The lowest BCUT2D eigenvalue weighted by atomic mass is 10.00. The third kappa shape index (κ3) is 4.61. The van der Waals surface area contributed by atoms with E-state index in [1.165, 1.54) is 0 Å². The standard InChI is InChI=1S/C26H28N2O3/c1-3-20-8-6-7-15-28(20)25(29)17-31-26(30)22-16-24(19-13-11-18(2)12-14-19)27-23-10-5-4-9-21(22)23/h4-5,9-14,16,20H,3,6-8,15,17H2,1-2H3/t20-/m1/s1. The minimum Gasteiger partial charge on any atom is -0.452 e. The van der Waals surface area contributed by atoms with E-state index in [1.807, 2.05) is 60.4 Å². The number of carbonyl (C=O) groups is 2. The Bertz CT molecular complexity index is 1090. The Hall–Kier alpha value is -3.21. The Morgan fingerprint density at radius 2 is 1.87 bits per heavy atom. The van der Waals surface area contributed by atoms with Crippen LogP contribution in [-0.4, -0.2) is 41.0 Å². The van der Waals surface area contributed by atoms with Crippen LogP contribution in [0.5, 0.6) is 0 Å². The summed E-state index contributed by atoms with van der Waals surface area (Å²) in [7, 11) is 0. The minimum atomic E-state index is -0.495. The smallest absolute Gasteiger partial charge is 0.339 e. The maximum absolute atomic E-state index is 13.0. The Labute approximate surface area is 183 Å². The summed E-state index contributed by atoms with van der Waals surface area (Å²) in [6, 6.07) is 17.5. The van der Waals surface area contributed by atoms with Gasteiger partial charge in [0.25, 0.3) is 5.91 Å². The van der Waals surface area contributed by atoms with Gasteiger partial charge >= 0.3 is 5.97 Å². The van der Waals surface area contributed by atoms with Crippen molar-refractivity contribution in [2.75, 3.05) is 13.2 Å². The van der Waals surface area contributed by atoms with Crippen molar-refractivity contribution in [3.05, 3.63) is 65.7 Å². The molecule has 3 aromatic rings. The second-order valence-electron chi connectivity index (χ2n) is 8.16. The monoisotopic (exact) mass is 416 g/mol. The number of benzene rings is 2. The van der Waals surface area contributed by atoms with Crippen LogP contribution in [0, 0.1) is 6.92 Å². The molecule has 0 unspecified atom stereocenters. The summed E-state index contributed by atoms with van der Waals surface area (Å²) in [4.78, 5) is 32.3. The summed E-state index contributed by atoms with van der Waals surface area (Å²) < 4.78 is 5.50. The van der Waals surface area contributed by atoms with Crippen LogP contribution in [0.2, 0.25) is 0 Å². The fourth-order valence-corrected chi connectivity index (χ4v) is 4.26. The summed E-state index contributed by atoms with van der Waals surface area (Å²) in [6.07, 6.45) is 4.09. The third-order valence-electron chi connectivity index (χ3n) is 6.03. The van der Waals surface area contributed by atoms with Gasteiger partial charge in [0.1, 0.15) is 0 Å². The first-order chi connectivity index (χ1) is 15.1. The van der Waals surface area contributed by atoms with Gasteiger partial charge in [-0.1, -0.05) is 55.0 Å². The van der Waals surface area contributed by atoms with Gasteiger partial charge in [-0.3, -0.25) is 4.79 Å². The van der Waals surface area contributed by atoms with Gasteiger partial charge in [-0.2, -0.15) is 0 Å². The lowest BCUT2D eigenvalue weighted by Crippen LogP contribution is -2.45. The number of para-hydroxylation sites is 1. The molecule has 0 radical (unpaired) electrons. The van der Waals surface area contributed by atoms with E-state index in [0.717, 1.165) is 54.3 Å². The largest absolute Gasteiger partial charge is 0.452 e. The average molecular weight is 417 g/mol. The fraction of sp³-hybridized carbons (Fsp3) is 0.346. The highest BCUT2D eigenvalue weighted by Crippen LogP contribution is 2.26. The summed E-state index contributed by atoms with van der Waals surface area (Å²) in [5.41, 5.74) is 3.95. The molecule has 5 nitrogen and oxygen atoms in total. The van der Waals surface area contributed by atoms with Crippen LogP contribution in [0.4, 0.5) is 0 Å². The van der Waals surface area contributed by atoms with Crippen LogP contribution < -0.4 is 0 Å². The second-order valence-corrected chi connectivity index (χ2v) is 8.16. The number of nitrogens with zero attached hydrogens (tertiary/aromatic N) is 2. The quantitative estimate of drug-likeness (QED) is 0.539. The molecule has 1 fully saturated rings. The number of hydrogen-bond donors (Lipinski definition) is 0. The molecule has 0 saturated carbocycles. The fourth-order valence-electron chi connectivity index (χ4n) is 4.26. The molecule has 2 aromatic carbocycles. The molecular formula is C26H28N2O3. The molecule has 5 heteroatoms. The minimum absolute atomic E-state index is 0.114. The molecule has 4 rings (SSSR count). The normalized spacial score (nSPS) is 16.3. The molecule has 1 atom stereocenters. The van der Waals surface area contributed by atoms with Gasteiger partial charge in [-0.05, 0) is 44.7 Å². The maximum atomic E-state index is 13.0. The zero-order valence-corrected chi connectivity index (χ0v) is 18.1. The maximum Gasteiger partial charge on any atom is 0.339 e. The van der Waals surface area contributed by atoms with E-state index in [4.69, 9.17) is 9.72 Å². The lowest BCUT2D eigenvalue weighted by molar-refractivity contribution is -0.138. The van der Waals surface area contributed by atoms with Crippen LogP contribution in [0.25, 0.3) is 22.2 Å². The van der Waals surface area contributed by atoms with E-state index < -0.39 is 5.97 Å². The van der Waals surface area contributed by atoms with Crippen molar-refractivity contribution < 1.29 is 14.3 Å². The van der Waals surface area contributed by atoms with Crippen molar-refractivity contribution in [1.82, 2.24) is 9.88 Å². The molecule has 0 N–H and O–H groups in total. The number of hydrogen-bond acceptors (Lipinski definition) is 4. The first-order valence-electron chi connectivity index (χ1n) is 11.0. The Morgan fingerprint density at radius 1 is 1.10 bits per heavy atom. The molecule has 1 aromatic heterocycles. The Morgan fingerprint density at radius 3 is 2.65 bits per heavy atom. The van der Waals surface area contributed by atoms with Gasteiger partial charge in [0.2, 0.25) is 0 Å². The Kier molecular flexibility index (Phi) is 6.31.